The highest BCUT2D eigenvalue weighted by molar-refractivity contribution is 6.30. The van der Waals surface area contributed by atoms with Gasteiger partial charge in [-0.25, -0.2) is 4.98 Å². The number of fused-ring (bicyclic) bond motifs is 1. The lowest BCUT2D eigenvalue weighted by Crippen LogP contribution is -2.00. The highest BCUT2D eigenvalue weighted by Crippen LogP contribution is 2.32. The molecule has 24 heavy (non-hydrogen) atoms. The zero-order valence-corrected chi connectivity index (χ0v) is 13.4. The van der Waals surface area contributed by atoms with Gasteiger partial charge in [-0.2, -0.15) is 0 Å². The third kappa shape index (κ3) is 3.07. The molecule has 0 aliphatic rings. The van der Waals surface area contributed by atoms with Gasteiger partial charge in [-0.15, -0.1) is 10.2 Å². The molecule has 122 valence electrons. The van der Waals surface area contributed by atoms with Crippen molar-refractivity contribution in [3.8, 4) is 5.75 Å². The molecule has 2 heterocycles. The number of rotatable bonds is 4. The molecule has 0 spiro atoms. The molecule has 7 nitrogen and oxygen atoms in total. The Kier molecular flexibility index (Phi) is 4.18. The lowest BCUT2D eigenvalue weighted by molar-refractivity contribution is -0.136. The zero-order chi connectivity index (χ0) is 17.3. The number of hydrogen-bond acceptors (Lipinski definition) is 5. The average Bonchev–Trinajstić information content (AvgIpc) is 2.86. The van der Waals surface area contributed by atoms with Crippen molar-refractivity contribution in [2.75, 3.05) is 0 Å². The van der Waals surface area contributed by atoms with Crippen molar-refractivity contribution >= 4 is 34.7 Å². The van der Waals surface area contributed by atoms with Gasteiger partial charge >= 0.3 is 5.97 Å². The van der Waals surface area contributed by atoms with E-state index in [1.165, 1.54) is 18.2 Å². The minimum Gasteiger partial charge on any atom is -0.506 e. The van der Waals surface area contributed by atoms with Crippen LogP contribution in [-0.4, -0.2) is 25.6 Å². The van der Waals surface area contributed by atoms with Gasteiger partial charge in [-0.05, 0) is 36.8 Å². The number of carbonyl (C=O) groups is 1. The lowest BCUT2D eigenvalue weighted by atomic mass is 10.3. The number of aliphatic carboxylic acids is 1. The Bertz CT molecular complexity index is 965. The molecule has 2 N–H and O–H groups in total. The number of benzene rings is 1. The number of carboxylic acids is 1. The number of phenols is 1. The van der Waals surface area contributed by atoms with E-state index < -0.39 is 5.97 Å². The molecule has 3 aromatic rings. The molecule has 0 bridgehead atoms. The third-order valence-corrected chi connectivity index (χ3v) is 3.63. The standard InChI is InChI=1S/C16H13ClN4O3/c1-9-3-2-6-21-15(9)18-12(8-14(23)24)16(21)20-19-11-7-10(17)4-5-13(11)22/h2-7,22H,8H2,1H3,(H,23,24). The van der Waals surface area contributed by atoms with E-state index in [1.807, 2.05) is 19.1 Å². The maximum absolute atomic E-state index is 11.1. The predicted molar refractivity (Wildman–Crippen MR) is 88.6 cm³/mol. The SMILES string of the molecule is Cc1cccn2c(N=Nc3cc(Cl)ccc3O)c(CC(=O)O)nc12. The van der Waals surface area contributed by atoms with Crippen molar-refractivity contribution in [1.29, 1.82) is 0 Å². The molecule has 0 aliphatic carbocycles. The fourth-order valence-electron chi connectivity index (χ4n) is 2.28. The summed E-state index contributed by atoms with van der Waals surface area (Å²) in [4.78, 5) is 15.4. The van der Waals surface area contributed by atoms with Gasteiger partial charge in [0.1, 0.15) is 17.1 Å². The molecule has 1 aromatic carbocycles. The number of aromatic hydroxyl groups is 1. The van der Waals surface area contributed by atoms with E-state index in [4.69, 9.17) is 16.7 Å². The van der Waals surface area contributed by atoms with Gasteiger partial charge in [0.2, 0.25) is 0 Å². The number of aryl methyl sites for hydroxylation is 1. The van der Waals surface area contributed by atoms with E-state index in [1.54, 1.807) is 10.6 Å². The van der Waals surface area contributed by atoms with E-state index in [-0.39, 0.29) is 17.9 Å². The normalized spacial score (nSPS) is 11.4. The summed E-state index contributed by atoms with van der Waals surface area (Å²) in [5.41, 5.74) is 1.97. The van der Waals surface area contributed by atoms with Crippen LogP contribution in [0.5, 0.6) is 5.75 Å². The van der Waals surface area contributed by atoms with Crippen LogP contribution in [0.3, 0.4) is 0 Å². The number of pyridine rings is 1. The summed E-state index contributed by atoms with van der Waals surface area (Å²) in [5, 5.41) is 27.4. The monoisotopic (exact) mass is 344 g/mol. The number of nitrogens with zero attached hydrogens (tertiary/aromatic N) is 4. The maximum Gasteiger partial charge on any atom is 0.309 e. The molecule has 2 aromatic heterocycles. The Labute approximate surface area is 141 Å². The second kappa shape index (κ2) is 6.29. The molecule has 0 unspecified atom stereocenters. The second-order valence-corrected chi connectivity index (χ2v) is 5.61. The lowest BCUT2D eigenvalue weighted by Gasteiger charge is -2.00. The highest BCUT2D eigenvalue weighted by Gasteiger charge is 2.16. The topological polar surface area (TPSA) is 99.6 Å². The van der Waals surface area contributed by atoms with Gasteiger partial charge in [0, 0.05) is 11.2 Å². The molecular weight excluding hydrogens is 332 g/mol. The fourth-order valence-corrected chi connectivity index (χ4v) is 2.45. The van der Waals surface area contributed by atoms with E-state index in [0.717, 1.165) is 5.56 Å². The van der Waals surface area contributed by atoms with Crippen LogP contribution in [0.2, 0.25) is 5.02 Å². The smallest absolute Gasteiger partial charge is 0.309 e. The third-order valence-electron chi connectivity index (χ3n) is 3.40. The number of aromatic nitrogens is 2. The summed E-state index contributed by atoms with van der Waals surface area (Å²) in [6.07, 6.45) is 1.45. The first kappa shape index (κ1) is 15.9. The molecule has 0 amide bonds. The number of phenolic OH excluding ortho intramolecular Hbond substituents is 1. The van der Waals surface area contributed by atoms with Gasteiger partial charge in [-0.1, -0.05) is 17.7 Å². The minimum atomic E-state index is -1.02. The molecule has 0 saturated heterocycles. The Morgan fingerprint density at radius 1 is 1.33 bits per heavy atom. The fraction of sp³-hybridized carbons (Fsp3) is 0.125. The maximum atomic E-state index is 11.1. The number of hydrogen-bond donors (Lipinski definition) is 2. The van der Waals surface area contributed by atoms with E-state index in [9.17, 15) is 9.90 Å². The van der Waals surface area contributed by atoms with E-state index in [2.05, 4.69) is 15.2 Å². The number of imidazole rings is 1. The summed E-state index contributed by atoms with van der Waals surface area (Å²) in [6.45, 7) is 1.87. The second-order valence-electron chi connectivity index (χ2n) is 5.17. The highest BCUT2D eigenvalue weighted by atomic mass is 35.5. The first-order valence-electron chi connectivity index (χ1n) is 7.04. The predicted octanol–water partition coefficient (Wildman–Crippen LogP) is 4.04. The van der Waals surface area contributed by atoms with Crippen molar-refractivity contribution in [3.63, 3.8) is 0 Å². The molecule has 0 aliphatic heterocycles. The van der Waals surface area contributed by atoms with Gasteiger partial charge in [0.15, 0.2) is 5.82 Å². The van der Waals surface area contributed by atoms with Crippen LogP contribution in [0.15, 0.2) is 46.8 Å². The van der Waals surface area contributed by atoms with Crippen molar-refractivity contribution in [3.05, 3.63) is 52.8 Å². The van der Waals surface area contributed by atoms with Crippen molar-refractivity contribution in [1.82, 2.24) is 9.38 Å². The number of halogens is 1. The Morgan fingerprint density at radius 3 is 2.88 bits per heavy atom. The summed E-state index contributed by atoms with van der Waals surface area (Å²) < 4.78 is 1.67. The largest absolute Gasteiger partial charge is 0.506 e. The Balaban J connectivity index is 2.13. The first-order valence-corrected chi connectivity index (χ1v) is 7.42. The Hall–Kier alpha value is -2.93. The average molecular weight is 345 g/mol. The van der Waals surface area contributed by atoms with Gasteiger partial charge in [0.25, 0.3) is 0 Å². The summed E-state index contributed by atoms with van der Waals surface area (Å²) in [7, 11) is 0. The Morgan fingerprint density at radius 2 is 2.12 bits per heavy atom. The first-order chi connectivity index (χ1) is 11.5. The quantitative estimate of drug-likeness (QED) is 0.697. The van der Waals surface area contributed by atoms with Crippen LogP contribution in [0.1, 0.15) is 11.3 Å². The molecule has 8 heteroatoms. The van der Waals surface area contributed by atoms with Gasteiger partial charge in [-0.3, -0.25) is 9.20 Å². The molecular formula is C16H13ClN4O3. The van der Waals surface area contributed by atoms with Crippen LogP contribution in [0, 0.1) is 6.92 Å². The van der Waals surface area contributed by atoms with Crippen molar-refractivity contribution < 1.29 is 15.0 Å². The van der Waals surface area contributed by atoms with Crippen LogP contribution in [0.4, 0.5) is 11.5 Å². The molecule has 0 radical (unpaired) electrons. The van der Waals surface area contributed by atoms with Crippen LogP contribution < -0.4 is 0 Å². The summed E-state index contributed by atoms with van der Waals surface area (Å²) in [6, 6.07) is 8.09. The van der Waals surface area contributed by atoms with E-state index >= 15 is 0 Å². The number of azo groups is 1. The summed E-state index contributed by atoms with van der Waals surface area (Å²) in [5.74, 6) is -0.790. The summed E-state index contributed by atoms with van der Waals surface area (Å²) >= 11 is 5.89. The molecule has 0 fully saturated rings. The van der Waals surface area contributed by atoms with Gasteiger partial charge < -0.3 is 10.2 Å². The van der Waals surface area contributed by atoms with E-state index in [0.29, 0.717) is 22.2 Å². The van der Waals surface area contributed by atoms with Crippen LogP contribution in [-0.2, 0) is 11.2 Å². The van der Waals surface area contributed by atoms with Gasteiger partial charge in [0.05, 0.1) is 12.1 Å². The van der Waals surface area contributed by atoms with Crippen LogP contribution in [0.25, 0.3) is 5.65 Å². The molecule has 3 rings (SSSR count). The zero-order valence-electron chi connectivity index (χ0n) is 12.6. The van der Waals surface area contributed by atoms with Crippen LogP contribution >= 0.6 is 11.6 Å². The van der Waals surface area contributed by atoms with Crippen molar-refractivity contribution in [2.45, 2.75) is 13.3 Å². The molecule has 0 atom stereocenters. The van der Waals surface area contributed by atoms with Crippen molar-refractivity contribution in [2.24, 2.45) is 10.2 Å². The number of carboxylic acid groups (broad SMARTS) is 1. The molecule has 0 saturated carbocycles. The minimum absolute atomic E-state index is 0.0760.